The van der Waals surface area contributed by atoms with Crippen molar-refractivity contribution in [1.82, 2.24) is 4.72 Å². The zero-order valence-electron chi connectivity index (χ0n) is 23.7. The maximum Gasteiger partial charge on any atom is 0.241 e. The van der Waals surface area contributed by atoms with Gasteiger partial charge in [-0.3, -0.25) is 0 Å². The molecular weight excluding hydrogens is 592 g/mol. The van der Waals surface area contributed by atoms with Gasteiger partial charge in [0.2, 0.25) is 10.0 Å². The van der Waals surface area contributed by atoms with Crippen molar-refractivity contribution < 1.29 is 63.1 Å². The Morgan fingerprint density at radius 3 is 2.26 bits per heavy atom. The number of hydrogen-bond donors (Lipinski definition) is 8. The maximum atomic E-state index is 13.1. The molecule has 242 valence electrons. The van der Waals surface area contributed by atoms with Gasteiger partial charge in [-0.1, -0.05) is 24.3 Å². The number of aliphatic hydroxyl groups excluding tert-OH is 7. The van der Waals surface area contributed by atoms with Gasteiger partial charge in [0.1, 0.15) is 36.6 Å². The smallest absolute Gasteiger partial charge is 0.241 e. The van der Waals surface area contributed by atoms with Gasteiger partial charge in [-0.05, 0) is 12.1 Å². The number of sulfonamides is 1. The Balaban J connectivity index is 1.30. The molecular formula is C27H40N2O13S. The molecule has 0 saturated carbocycles. The van der Waals surface area contributed by atoms with Crippen molar-refractivity contribution in [1.29, 1.82) is 0 Å². The van der Waals surface area contributed by atoms with Gasteiger partial charge in [-0.15, -0.1) is 0 Å². The predicted molar refractivity (Wildman–Crippen MR) is 150 cm³/mol. The molecule has 0 bridgehead atoms. The average molecular weight is 633 g/mol. The molecule has 43 heavy (non-hydrogen) atoms. The van der Waals surface area contributed by atoms with Gasteiger partial charge >= 0.3 is 0 Å². The first kappa shape index (κ1) is 33.9. The lowest BCUT2D eigenvalue weighted by Crippen LogP contribution is -2.41. The predicted octanol–water partition coefficient (Wildman–Crippen LogP) is -2.79. The molecule has 2 fully saturated rings. The van der Waals surface area contributed by atoms with Crippen LogP contribution in [0, 0.1) is 0 Å². The van der Waals surface area contributed by atoms with Crippen LogP contribution in [-0.4, -0.2) is 146 Å². The molecule has 0 spiro atoms. The van der Waals surface area contributed by atoms with E-state index in [-0.39, 0.29) is 24.5 Å². The molecule has 2 saturated heterocycles. The van der Waals surface area contributed by atoms with Crippen LogP contribution in [0.1, 0.15) is 6.42 Å². The van der Waals surface area contributed by atoms with Gasteiger partial charge in [0.15, 0.2) is 12.6 Å². The van der Waals surface area contributed by atoms with E-state index in [4.69, 9.17) is 24.1 Å². The van der Waals surface area contributed by atoms with E-state index in [2.05, 4.69) is 4.72 Å². The van der Waals surface area contributed by atoms with Crippen molar-refractivity contribution in [3.05, 3.63) is 36.4 Å². The standard InChI is InChI=1S/C27H40N2O13S/c1-29(2)17-7-3-6-16-15(17)5-4-8-20(16)43(37,38)28-9-10-39-26-23(35)21(33)19(41-26)11-14(12-30)40-27-24(36)22(34)25(42-27)18(32)13-31/h3-8,14,18-19,21-28,30-36H,9-13H2,1-2H3/t14-,18+,19+,21+,22-,23-,24-,25+,26-,27-/m1/s1. The molecule has 2 aliphatic rings. The monoisotopic (exact) mass is 632 g/mol. The number of benzene rings is 2. The Kier molecular flexibility index (Phi) is 11.3. The largest absolute Gasteiger partial charge is 0.394 e. The SMILES string of the molecule is CN(C)c1cccc2c(S(=O)(=O)NCCO[C@@H]3O[C@@H](C[C@H](CO)O[C@@H]4O[C@@H]([C@@H](O)CO)[C@H](O)[C@H]4O)[C@H](O)[C@H]3O)cccc12. The first-order valence-corrected chi connectivity index (χ1v) is 15.3. The topological polar surface area (TPSA) is 228 Å². The highest BCUT2D eigenvalue weighted by Gasteiger charge is 2.49. The summed E-state index contributed by atoms with van der Waals surface area (Å²) in [7, 11) is -0.205. The van der Waals surface area contributed by atoms with Gasteiger partial charge in [0, 0.05) is 43.5 Å². The first-order valence-electron chi connectivity index (χ1n) is 13.8. The molecule has 2 aliphatic heterocycles. The summed E-state index contributed by atoms with van der Waals surface area (Å²) < 4.78 is 50.6. The Morgan fingerprint density at radius 2 is 1.58 bits per heavy atom. The molecule has 0 aliphatic carbocycles. The maximum absolute atomic E-state index is 13.1. The van der Waals surface area contributed by atoms with Crippen molar-refractivity contribution in [2.24, 2.45) is 0 Å². The van der Waals surface area contributed by atoms with Crippen LogP contribution in [-0.2, 0) is 29.0 Å². The van der Waals surface area contributed by atoms with Crippen LogP contribution < -0.4 is 9.62 Å². The Hall–Kier alpha value is -2.03. The van der Waals surface area contributed by atoms with Crippen molar-refractivity contribution in [2.75, 3.05) is 45.4 Å². The highest BCUT2D eigenvalue weighted by Crippen LogP contribution is 2.31. The lowest BCUT2D eigenvalue weighted by Gasteiger charge is -2.25. The number of nitrogens with zero attached hydrogens (tertiary/aromatic N) is 1. The molecule has 2 aromatic rings. The van der Waals surface area contributed by atoms with Crippen molar-refractivity contribution in [3.63, 3.8) is 0 Å². The fraction of sp³-hybridized carbons (Fsp3) is 0.630. The third-order valence-electron chi connectivity index (χ3n) is 7.47. The van der Waals surface area contributed by atoms with Gasteiger partial charge in [0.25, 0.3) is 0 Å². The minimum absolute atomic E-state index is 0.0949. The summed E-state index contributed by atoms with van der Waals surface area (Å²) in [6.07, 6.45) is -14.1. The van der Waals surface area contributed by atoms with Crippen molar-refractivity contribution >= 4 is 26.5 Å². The summed E-state index contributed by atoms with van der Waals surface area (Å²) in [5, 5.41) is 71.1. The summed E-state index contributed by atoms with van der Waals surface area (Å²) >= 11 is 0. The van der Waals surface area contributed by atoms with E-state index >= 15 is 0 Å². The van der Waals surface area contributed by atoms with E-state index in [9.17, 15) is 39.1 Å². The molecule has 15 nitrogen and oxygen atoms in total. The van der Waals surface area contributed by atoms with E-state index in [0.29, 0.717) is 5.39 Å². The van der Waals surface area contributed by atoms with Crippen LogP contribution >= 0.6 is 0 Å². The molecule has 16 heteroatoms. The van der Waals surface area contributed by atoms with Crippen LogP contribution in [0.5, 0.6) is 0 Å². The molecule has 0 unspecified atom stereocenters. The van der Waals surface area contributed by atoms with Gasteiger partial charge in [0.05, 0.1) is 36.9 Å². The Bertz CT molecular complexity index is 1320. The summed E-state index contributed by atoms with van der Waals surface area (Å²) in [4.78, 5) is 1.98. The number of ether oxygens (including phenoxy) is 4. The van der Waals surface area contributed by atoms with E-state index in [1.54, 1.807) is 18.2 Å². The molecule has 0 radical (unpaired) electrons. The second-order valence-corrected chi connectivity index (χ2v) is 12.4. The second kappa shape index (κ2) is 14.4. The molecule has 0 aromatic heterocycles. The van der Waals surface area contributed by atoms with E-state index < -0.39 is 84.6 Å². The van der Waals surface area contributed by atoms with E-state index in [0.717, 1.165) is 11.1 Å². The molecule has 0 amide bonds. The molecule has 10 atom stereocenters. The minimum Gasteiger partial charge on any atom is -0.394 e. The fourth-order valence-electron chi connectivity index (χ4n) is 5.19. The third kappa shape index (κ3) is 7.45. The second-order valence-electron chi connectivity index (χ2n) is 10.7. The quantitative estimate of drug-likeness (QED) is 0.0986. The minimum atomic E-state index is -3.94. The summed E-state index contributed by atoms with van der Waals surface area (Å²) in [5.74, 6) is 0. The Labute approximate surface area is 248 Å². The fourth-order valence-corrected chi connectivity index (χ4v) is 6.43. The van der Waals surface area contributed by atoms with Crippen molar-refractivity contribution in [3.8, 4) is 0 Å². The zero-order chi connectivity index (χ0) is 31.5. The van der Waals surface area contributed by atoms with Gasteiger partial charge < -0.3 is 59.6 Å². The number of hydrogen-bond acceptors (Lipinski definition) is 14. The van der Waals surface area contributed by atoms with Crippen LogP contribution in [0.25, 0.3) is 10.8 Å². The highest BCUT2D eigenvalue weighted by atomic mass is 32.2. The summed E-state index contributed by atoms with van der Waals surface area (Å²) in [6, 6.07) is 10.4. The number of anilines is 1. The average Bonchev–Trinajstić information content (AvgIpc) is 3.42. The number of fused-ring (bicyclic) bond motifs is 1. The number of rotatable bonds is 14. The molecule has 2 heterocycles. The normalized spacial score (nSPS) is 31.0. The van der Waals surface area contributed by atoms with E-state index in [1.807, 2.05) is 31.1 Å². The van der Waals surface area contributed by atoms with Crippen LogP contribution in [0.3, 0.4) is 0 Å². The summed E-state index contributed by atoms with van der Waals surface area (Å²) in [6.45, 7) is -1.71. The molecule has 2 aromatic carbocycles. The first-order chi connectivity index (χ1) is 20.4. The van der Waals surface area contributed by atoms with Crippen LogP contribution in [0.2, 0.25) is 0 Å². The lowest BCUT2D eigenvalue weighted by atomic mass is 10.0. The highest BCUT2D eigenvalue weighted by molar-refractivity contribution is 7.89. The zero-order valence-corrected chi connectivity index (χ0v) is 24.5. The Morgan fingerprint density at radius 1 is 0.907 bits per heavy atom. The van der Waals surface area contributed by atoms with Crippen molar-refractivity contribution in [2.45, 2.75) is 72.7 Å². The van der Waals surface area contributed by atoms with Gasteiger partial charge in [-0.25, -0.2) is 13.1 Å². The molecule has 4 rings (SSSR count). The van der Waals surface area contributed by atoms with Gasteiger partial charge in [-0.2, -0.15) is 0 Å². The van der Waals surface area contributed by atoms with Crippen LogP contribution in [0.15, 0.2) is 41.3 Å². The third-order valence-corrected chi connectivity index (χ3v) is 8.99. The number of nitrogens with one attached hydrogen (secondary N) is 1. The number of aliphatic hydroxyl groups is 7. The lowest BCUT2D eigenvalue weighted by molar-refractivity contribution is -0.217. The summed E-state index contributed by atoms with van der Waals surface area (Å²) in [5.41, 5.74) is 0.862. The van der Waals surface area contributed by atoms with Crippen LogP contribution in [0.4, 0.5) is 5.69 Å². The van der Waals surface area contributed by atoms with E-state index in [1.165, 1.54) is 6.07 Å². The molecule has 8 N–H and O–H groups in total.